The molecule has 0 aromatic rings. The molecule has 7 heteroatoms. The van der Waals surface area contributed by atoms with Crippen LogP contribution in [0.15, 0.2) is 0 Å². The van der Waals surface area contributed by atoms with E-state index in [9.17, 15) is 8.42 Å². The summed E-state index contributed by atoms with van der Waals surface area (Å²) in [5.74, 6) is 0.0511. The Morgan fingerprint density at radius 2 is 2.35 bits per heavy atom. The maximum atomic E-state index is 11.9. The SMILES string of the molecule is COCC(CCBr)NS(=O)(=O)CC1CCCO1. The van der Waals surface area contributed by atoms with E-state index >= 15 is 0 Å². The zero-order valence-corrected chi connectivity index (χ0v) is 12.4. The van der Waals surface area contributed by atoms with E-state index in [0.717, 1.165) is 18.2 Å². The summed E-state index contributed by atoms with van der Waals surface area (Å²) >= 11 is 3.30. The molecule has 1 heterocycles. The molecule has 0 radical (unpaired) electrons. The molecule has 1 saturated heterocycles. The molecule has 0 aliphatic carbocycles. The van der Waals surface area contributed by atoms with Crippen molar-refractivity contribution in [3.63, 3.8) is 0 Å². The smallest absolute Gasteiger partial charge is 0.214 e. The molecule has 1 rings (SSSR count). The van der Waals surface area contributed by atoms with Gasteiger partial charge in [-0.25, -0.2) is 13.1 Å². The molecule has 0 aromatic carbocycles. The summed E-state index contributed by atoms with van der Waals surface area (Å²) in [6, 6.07) is -0.175. The van der Waals surface area contributed by atoms with Gasteiger partial charge in [0, 0.05) is 25.1 Å². The van der Waals surface area contributed by atoms with Crippen molar-refractivity contribution in [3.8, 4) is 0 Å². The number of ether oxygens (including phenoxy) is 2. The third-order valence-corrected chi connectivity index (χ3v) is 4.56. The topological polar surface area (TPSA) is 64.6 Å². The first kappa shape index (κ1) is 15.4. The number of sulfonamides is 1. The van der Waals surface area contributed by atoms with Crippen molar-refractivity contribution in [2.24, 2.45) is 0 Å². The Morgan fingerprint density at radius 1 is 1.59 bits per heavy atom. The van der Waals surface area contributed by atoms with E-state index in [1.54, 1.807) is 7.11 Å². The highest BCUT2D eigenvalue weighted by molar-refractivity contribution is 9.09. The average molecular weight is 330 g/mol. The molecular formula is C10H20BrNO4S. The van der Waals surface area contributed by atoms with Crippen LogP contribution in [0.3, 0.4) is 0 Å². The molecule has 0 bridgehead atoms. The predicted octanol–water partition coefficient (Wildman–Crippen LogP) is 0.885. The van der Waals surface area contributed by atoms with Crippen LogP contribution in [0.2, 0.25) is 0 Å². The second-order valence-corrected chi connectivity index (χ2v) is 6.76. The van der Waals surface area contributed by atoms with Gasteiger partial charge in [-0.3, -0.25) is 0 Å². The molecule has 0 amide bonds. The molecule has 1 aliphatic rings. The molecule has 5 nitrogen and oxygen atoms in total. The van der Waals surface area contributed by atoms with Gasteiger partial charge in [0.05, 0.1) is 18.5 Å². The number of hydrogen-bond acceptors (Lipinski definition) is 4. The Morgan fingerprint density at radius 3 is 2.88 bits per heavy atom. The summed E-state index contributed by atoms with van der Waals surface area (Å²) < 4.78 is 36.8. The van der Waals surface area contributed by atoms with E-state index in [1.807, 2.05) is 0 Å². The van der Waals surface area contributed by atoms with Crippen molar-refractivity contribution >= 4 is 26.0 Å². The number of nitrogens with one attached hydrogen (secondary N) is 1. The van der Waals surface area contributed by atoms with Crippen LogP contribution in [0, 0.1) is 0 Å². The van der Waals surface area contributed by atoms with Gasteiger partial charge in [0.25, 0.3) is 0 Å². The van der Waals surface area contributed by atoms with Crippen LogP contribution in [0.5, 0.6) is 0 Å². The van der Waals surface area contributed by atoms with Crippen molar-refractivity contribution in [2.75, 3.05) is 31.4 Å². The summed E-state index contributed by atoms with van der Waals surface area (Å²) in [7, 11) is -1.72. The molecule has 1 fully saturated rings. The minimum absolute atomic E-state index is 0.0511. The van der Waals surface area contributed by atoms with Crippen LogP contribution in [-0.2, 0) is 19.5 Å². The van der Waals surface area contributed by atoms with E-state index in [-0.39, 0.29) is 17.9 Å². The number of halogens is 1. The van der Waals surface area contributed by atoms with Crippen LogP contribution in [0.25, 0.3) is 0 Å². The zero-order chi connectivity index (χ0) is 12.7. The van der Waals surface area contributed by atoms with Crippen LogP contribution in [0.4, 0.5) is 0 Å². The van der Waals surface area contributed by atoms with Crippen LogP contribution in [0.1, 0.15) is 19.3 Å². The molecule has 17 heavy (non-hydrogen) atoms. The normalized spacial score (nSPS) is 22.8. The number of alkyl halides is 1. The predicted molar refractivity (Wildman–Crippen MR) is 70.0 cm³/mol. The highest BCUT2D eigenvalue weighted by atomic mass is 79.9. The zero-order valence-electron chi connectivity index (χ0n) is 10.0. The summed E-state index contributed by atoms with van der Waals surface area (Å²) in [5, 5.41) is 0.740. The maximum Gasteiger partial charge on any atom is 0.214 e. The second kappa shape index (κ2) is 7.68. The van der Waals surface area contributed by atoms with E-state index < -0.39 is 10.0 Å². The highest BCUT2D eigenvalue weighted by Crippen LogP contribution is 2.14. The van der Waals surface area contributed by atoms with Crippen molar-refractivity contribution in [1.29, 1.82) is 0 Å². The van der Waals surface area contributed by atoms with E-state index in [1.165, 1.54) is 0 Å². The van der Waals surface area contributed by atoms with Crippen LogP contribution >= 0.6 is 15.9 Å². The summed E-state index contributed by atoms with van der Waals surface area (Å²) in [6.07, 6.45) is 2.33. The molecular weight excluding hydrogens is 310 g/mol. The van der Waals surface area contributed by atoms with Gasteiger partial charge in [-0.1, -0.05) is 15.9 Å². The Balaban J connectivity index is 2.44. The largest absolute Gasteiger partial charge is 0.383 e. The summed E-state index contributed by atoms with van der Waals surface area (Å²) in [5.41, 5.74) is 0. The fraction of sp³-hybridized carbons (Fsp3) is 1.00. The van der Waals surface area contributed by atoms with Crippen LogP contribution in [-0.4, -0.2) is 52.0 Å². The fourth-order valence-electron chi connectivity index (χ4n) is 1.83. The Labute approximate surface area is 111 Å². The Bertz CT molecular complexity index is 297. The monoisotopic (exact) mass is 329 g/mol. The average Bonchev–Trinajstić information content (AvgIpc) is 2.69. The lowest BCUT2D eigenvalue weighted by Gasteiger charge is -2.18. The van der Waals surface area contributed by atoms with Gasteiger partial charge in [-0.05, 0) is 19.3 Å². The van der Waals surface area contributed by atoms with E-state index in [4.69, 9.17) is 9.47 Å². The van der Waals surface area contributed by atoms with Crippen molar-refractivity contribution < 1.29 is 17.9 Å². The first-order valence-electron chi connectivity index (χ1n) is 5.74. The third-order valence-electron chi connectivity index (χ3n) is 2.60. The molecule has 1 N–H and O–H groups in total. The van der Waals surface area contributed by atoms with E-state index in [0.29, 0.717) is 19.6 Å². The summed E-state index contributed by atoms with van der Waals surface area (Å²) in [6.45, 7) is 1.06. The van der Waals surface area contributed by atoms with Gasteiger partial charge in [0.1, 0.15) is 0 Å². The quantitative estimate of drug-likeness (QED) is 0.671. The Hall–Kier alpha value is 0.310. The highest BCUT2D eigenvalue weighted by Gasteiger charge is 2.25. The van der Waals surface area contributed by atoms with Gasteiger partial charge >= 0.3 is 0 Å². The number of methoxy groups -OCH3 is 1. The standard InChI is InChI=1S/C10H20BrNO4S/c1-15-7-9(4-5-11)12-17(13,14)8-10-3-2-6-16-10/h9-10,12H,2-8H2,1H3. The molecule has 2 atom stereocenters. The number of hydrogen-bond donors (Lipinski definition) is 1. The van der Waals surface area contributed by atoms with Gasteiger partial charge < -0.3 is 9.47 Å². The van der Waals surface area contributed by atoms with Gasteiger partial charge in [0.2, 0.25) is 10.0 Å². The number of rotatable bonds is 8. The molecule has 0 aromatic heterocycles. The van der Waals surface area contributed by atoms with E-state index in [2.05, 4.69) is 20.7 Å². The lowest BCUT2D eigenvalue weighted by Crippen LogP contribution is -2.41. The lowest BCUT2D eigenvalue weighted by molar-refractivity contribution is 0.127. The molecule has 1 aliphatic heterocycles. The summed E-state index contributed by atoms with van der Waals surface area (Å²) in [4.78, 5) is 0. The third kappa shape index (κ3) is 6.15. The molecule has 102 valence electrons. The minimum Gasteiger partial charge on any atom is -0.383 e. The van der Waals surface area contributed by atoms with Crippen molar-refractivity contribution in [3.05, 3.63) is 0 Å². The first-order chi connectivity index (χ1) is 8.07. The molecule has 0 saturated carbocycles. The maximum absolute atomic E-state index is 11.9. The van der Waals surface area contributed by atoms with Crippen molar-refractivity contribution in [2.45, 2.75) is 31.4 Å². The fourth-order valence-corrected chi connectivity index (χ4v) is 3.93. The lowest BCUT2D eigenvalue weighted by atomic mass is 10.3. The first-order valence-corrected chi connectivity index (χ1v) is 8.51. The molecule has 2 unspecified atom stereocenters. The van der Waals surface area contributed by atoms with Gasteiger partial charge in [-0.15, -0.1) is 0 Å². The minimum atomic E-state index is -3.28. The second-order valence-electron chi connectivity index (χ2n) is 4.16. The van der Waals surface area contributed by atoms with Crippen molar-refractivity contribution in [1.82, 2.24) is 4.72 Å². The Kier molecular flexibility index (Phi) is 6.94. The molecule has 0 spiro atoms. The van der Waals surface area contributed by atoms with Crippen LogP contribution < -0.4 is 4.72 Å². The van der Waals surface area contributed by atoms with Gasteiger partial charge in [0.15, 0.2) is 0 Å². The van der Waals surface area contributed by atoms with Gasteiger partial charge in [-0.2, -0.15) is 0 Å².